The van der Waals surface area contributed by atoms with Gasteiger partial charge >= 0.3 is 0 Å². The van der Waals surface area contributed by atoms with Gasteiger partial charge in [0.05, 0.1) is 13.2 Å². The van der Waals surface area contributed by atoms with Crippen LogP contribution in [-0.2, 0) is 4.74 Å². The molecule has 1 aromatic carbocycles. The molecule has 0 aliphatic heterocycles. The van der Waals surface area contributed by atoms with E-state index in [0.717, 1.165) is 0 Å². The molecule has 16 heavy (non-hydrogen) atoms. The lowest BCUT2D eigenvalue weighted by Crippen LogP contribution is -2.37. The summed E-state index contributed by atoms with van der Waals surface area (Å²) in [4.78, 5) is 0. The number of para-hydroxylation sites is 1. The van der Waals surface area contributed by atoms with Gasteiger partial charge in [-0.25, -0.2) is 4.39 Å². The zero-order valence-corrected chi connectivity index (χ0v) is 9.70. The Hall–Kier alpha value is -1.13. The molecule has 0 bridgehead atoms. The highest BCUT2D eigenvalue weighted by molar-refractivity contribution is 5.23. The van der Waals surface area contributed by atoms with Crippen LogP contribution in [0.25, 0.3) is 0 Å². The molecule has 2 N–H and O–H groups in total. The van der Waals surface area contributed by atoms with Crippen molar-refractivity contribution in [2.75, 3.05) is 19.8 Å². The maximum atomic E-state index is 13.1. The molecule has 0 saturated heterocycles. The number of nitrogens with two attached hydrogens (primary N) is 1. The average Bonchev–Trinajstić information content (AvgIpc) is 2.18. The fraction of sp³-hybridized carbons (Fsp3) is 0.500. The third-order valence-corrected chi connectivity index (χ3v) is 1.80. The molecular weight excluding hydrogens is 209 g/mol. The van der Waals surface area contributed by atoms with Crippen LogP contribution < -0.4 is 10.5 Å². The normalized spacial score (nSPS) is 11.5. The van der Waals surface area contributed by atoms with E-state index < -0.39 is 0 Å². The zero-order valence-electron chi connectivity index (χ0n) is 9.70. The van der Waals surface area contributed by atoms with Crippen molar-refractivity contribution in [3.8, 4) is 5.75 Å². The summed E-state index contributed by atoms with van der Waals surface area (Å²) in [5.74, 6) is -0.111. The van der Waals surface area contributed by atoms with Gasteiger partial charge < -0.3 is 15.2 Å². The summed E-state index contributed by atoms with van der Waals surface area (Å²) in [5.41, 5.74) is 5.38. The Morgan fingerprint density at radius 1 is 1.25 bits per heavy atom. The van der Waals surface area contributed by atoms with Gasteiger partial charge in [0, 0.05) is 5.54 Å². The van der Waals surface area contributed by atoms with Crippen LogP contribution in [0.5, 0.6) is 5.75 Å². The van der Waals surface area contributed by atoms with Crippen molar-refractivity contribution < 1.29 is 13.9 Å². The van der Waals surface area contributed by atoms with E-state index in [1.165, 1.54) is 6.07 Å². The molecule has 0 spiro atoms. The quantitative estimate of drug-likeness (QED) is 0.755. The minimum absolute atomic E-state index is 0.248. The molecule has 4 heteroatoms. The first-order valence-electron chi connectivity index (χ1n) is 5.23. The molecule has 0 heterocycles. The van der Waals surface area contributed by atoms with E-state index in [0.29, 0.717) is 19.8 Å². The molecule has 0 amide bonds. The SMILES string of the molecule is CC(C)(N)COCCOc1ccccc1F. The first-order chi connectivity index (χ1) is 7.49. The lowest BCUT2D eigenvalue weighted by Gasteiger charge is -2.18. The Kier molecular flexibility index (Phi) is 4.71. The summed E-state index contributed by atoms with van der Waals surface area (Å²) < 4.78 is 23.6. The lowest BCUT2D eigenvalue weighted by molar-refractivity contribution is 0.0714. The molecule has 0 aliphatic carbocycles. The minimum atomic E-state index is -0.360. The second-order valence-electron chi connectivity index (χ2n) is 4.32. The van der Waals surface area contributed by atoms with Crippen LogP contribution >= 0.6 is 0 Å². The topological polar surface area (TPSA) is 44.5 Å². The zero-order chi connectivity index (χ0) is 12.0. The van der Waals surface area contributed by atoms with Gasteiger partial charge in [-0.15, -0.1) is 0 Å². The molecule has 0 unspecified atom stereocenters. The molecule has 0 radical (unpaired) electrons. The van der Waals surface area contributed by atoms with Gasteiger partial charge in [0.2, 0.25) is 0 Å². The lowest BCUT2D eigenvalue weighted by atomic mass is 10.1. The Morgan fingerprint density at radius 2 is 1.94 bits per heavy atom. The van der Waals surface area contributed by atoms with Crippen LogP contribution in [0.4, 0.5) is 4.39 Å². The van der Waals surface area contributed by atoms with Crippen molar-refractivity contribution in [2.45, 2.75) is 19.4 Å². The summed E-state index contributed by atoms with van der Waals surface area (Å²) in [6, 6.07) is 6.29. The number of rotatable bonds is 6. The number of ether oxygens (including phenoxy) is 2. The molecule has 90 valence electrons. The van der Waals surface area contributed by atoms with Crippen molar-refractivity contribution in [3.63, 3.8) is 0 Å². The van der Waals surface area contributed by atoms with E-state index in [9.17, 15) is 4.39 Å². The monoisotopic (exact) mass is 227 g/mol. The second kappa shape index (κ2) is 5.82. The average molecular weight is 227 g/mol. The number of benzene rings is 1. The highest BCUT2D eigenvalue weighted by atomic mass is 19.1. The Bertz CT molecular complexity index is 323. The summed E-state index contributed by atoms with van der Waals surface area (Å²) >= 11 is 0. The van der Waals surface area contributed by atoms with Crippen LogP contribution in [0.2, 0.25) is 0 Å². The van der Waals surface area contributed by atoms with Crippen molar-refractivity contribution in [3.05, 3.63) is 30.1 Å². The van der Waals surface area contributed by atoms with Crippen LogP contribution in [0.1, 0.15) is 13.8 Å². The van der Waals surface area contributed by atoms with Gasteiger partial charge in [-0.05, 0) is 26.0 Å². The highest BCUT2D eigenvalue weighted by Crippen LogP contribution is 2.14. The Morgan fingerprint density at radius 3 is 2.56 bits per heavy atom. The predicted molar refractivity (Wildman–Crippen MR) is 61.0 cm³/mol. The Labute approximate surface area is 95.4 Å². The third-order valence-electron chi connectivity index (χ3n) is 1.80. The van der Waals surface area contributed by atoms with Crippen LogP contribution in [0.15, 0.2) is 24.3 Å². The molecule has 1 aromatic rings. The number of hydrogen-bond acceptors (Lipinski definition) is 3. The smallest absolute Gasteiger partial charge is 0.165 e. The molecule has 3 nitrogen and oxygen atoms in total. The highest BCUT2D eigenvalue weighted by Gasteiger charge is 2.10. The van der Waals surface area contributed by atoms with Gasteiger partial charge in [0.1, 0.15) is 6.61 Å². The Balaban J connectivity index is 2.19. The molecule has 1 rings (SSSR count). The largest absolute Gasteiger partial charge is 0.488 e. The molecule has 0 saturated carbocycles. The van der Waals surface area contributed by atoms with E-state index in [2.05, 4.69) is 0 Å². The predicted octanol–water partition coefficient (Wildman–Crippen LogP) is 1.96. The fourth-order valence-corrected chi connectivity index (χ4v) is 1.11. The molecule has 0 aromatic heterocycles. The fourth-order valence-electron chi connectivity index (χ4n) is 1.11. The van der Waals surface area contributed by atoms with Crippen molar-refractivity contribution in [1.29, 1.82) is 0 Å². The first-order valence-corrected chi connectivity index (χ1v) is 5.23. The van der Waals surface area contributed by atoms with E-state index in [1.54, 1.807) is 18.2 Å². The maximum absolute atomic E-state index is 13.1. The molecular formula is C12H18FNO2. The summed E-state index contributed by atoms with van der Waals surface area (Å²) in [6.45, 7) is 4.93. The standard InChI is InChI=1S/C12H18FNO2/c1-12(2,14)9-15-7-8-16-11-6-4-3-5-10(11)13/h3-6H,7-9,14H2,1-2H3. The van der Waals surface area contributed by atoms with Crippen LogP contribution in [-0.4, -0.2) is 25.4 Å². The van der Waals surface area contributed by atoms with E-state index in [-0.39, 0.29) is 17.1 Å². The van der Waals surface area contributed by atoms with Crippen molar-refractivity contribution in [1.82, 2.24) is 0 Å². The van der Waals surface area contributed by atoms with E-state index in [4.69, 9.17) is 15.2 Å². The van der Waals surface area contributed by atoms with Crippen LogP contribution in [0, 0.1) is 5.82 Å². The maximum Gasteiger partial charge on any atom is 0.165 e. The minimum Gasteiger partial charge on any atom is -0.488 e. The van der Waals surface area contributed by atoms with Gasteiger partial charge in [-0.3, -0.25) is 0 Å². The summed E-state index contributed by atoms with van der Waals surface area (Å²) in [6.07, 6.45) is 0. The van der Waals surface area contributed by atoms with Gasteiger partial charge in [0.25, 0.3) is 0 Å². The van der Waals surface area contributed by atoms with Gasteiger partial charge in [0.15, 0.2) is 11.6 Å². The van der Waals surface area contributed by atoms with Crippen LogP contribution in [0.3, 0.4) is 0 Å². The second-order valence-corrected chi connectivity index (χ2v) is 4.32. The van der Waals surface area contributed by atoms with Gasteiger partial charge in [-0.2, -0.15) is 0 Å². The molecule has 0 fully saturated rings. The van der Waals surface area contributed by atoms with Crippen molar-refractivity contribution >= 4 is 0 Å². The van der Waals surface area contributed by atoms with E-state index >= 15 is 0 Å². The van der Waals surface area contributed by atoms with Gasteiger partial charge in [-0.1, -0.05) is 12.1 Å². The molecule has 0 atom stereocenters. The summed E-state index contributed by atoms with van der Waals surface area (Å²) in [7, 11) is 0. The molecule has 0 aliphatic rings. The van der Waals surface area contributed by atoms with E-state index in [1.807, 2.05) is 13.8 Å². The van der Waals surface area contributed by atoms with Crippen molar-refractivity contribution in [2.24, 2.45) is 5.73 Å². The first kappa shape index (κ1) is 12.9. The number of halogens is 1. The summed E-state index contributed by atoms with van der Waals surface area (Å²) in [5, 5.41) is 0. The third kappa shape index (κ3) is 5.09. The number of hydrogen-bond donors (Lipinski definition) is 1.